The molecule has 16 heavy (non-hydrogen) atoms. The maximum Gasteiger partial charge on any atom is 0.159 e. The summed E-state index contributed by atoms with van der Waals surface area (Å²) in [7, 11) is 0. The van der Waals surface area contributed by atoms with E-state index in [0.29, 0.717) is 31.1 Å². The van der Waals surface area contributed by atoms with Gasteiger partial charge in [0.1, 0.15) is 5.75 Å². The second-order valence-electron chi connectivity index (χ2n) is 3.95. The van der Waals surface area contributed by atoms with Gasteiger partial charge in [-0.3, -0.25) is 4.98 Å². The Kier molecular flexibility index (Phi) is 4.52. The second kappa shape index (κ2) is 5.67. The lowest BCUT2D eigenvalue weighted by Crippen LogP contribution is -2.24. The van der Waals surface area contributed by atoms with Crippen LogP contribution in [0.4, 0.5) is 5.69 Å². The first-order valence-electron chi connectivity index (χ1n) is 5.17. The van der Waals surface area contributed by atoms with E-state index in [2.05, 4.69) is 4.98 Å². The van der Waals surface area contributed by atoms with Gasteiger partial charge < -0.3 is 20.3 Å². The minimum atomic E-state index is -1.08. The molecule has 0 aromatic carbocycles. The normalized spacial score (nSPS) is 11.4. The van der Waals surface area contributed by atoms with E-state index in [4.69, 9.17) is 15.2 Å². The summed E-state index contributed by atoms with van der Waals surface area (Å²) < 4.78 is 10.5. The number of aromatic nitrogens is 1. The van der Waals surface area contributed by atoms with E-state index in [0.717, 1.165) is 0 Å². The number of anilines is 1. The van der Waals surface area contributed by atoms with Crippen LogP contribution in [0.3, 0.4) is 0 Å². The average molecular weight is 226 g/mol. The first-order chi connectivity index (χ1) is 7.47. The molecule has 0 fully saturated rings. The zero-order valence-electron chi connectivity index (χ0n) is 9.64. The first kappa shape index (κ1) is 12.7. The molecule has 1 aromatic heterocycles. The molecule has 1 rings (SSSR count). The van der Waals surface area contributed by atoms with Crippen molar-refractivity contribution in [3.63, 3.8) is 0 Å². The molecule has 1 heterocycles. The van der Waals surface area contributed by atoms with Crippen molar-refractivity contribution in [1.82, 2.24) is 4.98 Å². The van der Waals surface area contributed by atoms with Crippen molar-refractivity contribution < 1.29 is 14.6 Å². The van der Waals surface area contributed by atoms with Crippen molar-refractivity contribution in [2.75, 3.05) is 18.9 Å². The maximum absolute atomic E-state index is 9.28. The fourth-order valence-electron chi connectivity index (χ4n) is 1.09. The van der Waals surface area contributed by atoms with Crippen LogP contribution in [-0.4, -0.2) is 29.1 Å². The van der Waals surface area contributed by atoms with Gasteiger partial charge >= 0.3 is 0 Å². The van der Waals surface area contributed by atoms with Gasteiger partial charge in [0, 0.05) is 12.5 Å². The first-order valence-corrected chi connectivity index (χ1v) is 5.17. The van der Waals surface area contributed by atoms with Crippen molar-refractivity contribution in [1.29, 1.82) is 0 Å². The number of hydrogen-bond acceptors (Lipinski definition) is 5. The molecule has 0 saturated heterocycles. The van der Waals surface area contributed by atoms with Gasteiger partial charge in [-0.15, -0.1) is 0 Å². The van der Waals surface area contributed by atoms with Crippen LogP contribution in [-0.2, 0) is 4.74 Å². The van der Waals surface area contributed by atoms with Gasteiger partial charge in [0.05, 0.1) is 31.3 Å². The van der Waals surface area contributed by atoms with E-state index in [1.807, 2.05) is 0 Å². The lowest BCUT2D eigenvalue weighted by Gasteiger charge is -2.17. The summed E-state index contributed by atoms with van der Waals surface area (Å²) in [5.74, 6) is -0.443. The van der Waals surface area contributed by atoms with E-state index < -0.39 is 5.79 Å². The number of rotatable bonds is 6. The van der Waals surface area contributed by atoms with Gasteiger partial charge in [0.15, 0.2) is 5.79 Å². The molecule has 0 unspecified atom stereocenters. The van der Waals surface area contributed by atoms with Crippen molar-refractivity contribution in [2.45, 2.75) is 26.1 Å². The Balaban J connectivity index is 2.17. The summed E-state index contributed by atoms with van der Waals surface area (Å²) in [6.45, 7) is 4.13. The van der Waals surface area contributed by atoms with Crippen LogP contribution >= 0.6 is 0 Å². The third-order valence-electron chi connectivity index (χ3n) is 1.75. The van der Waals surface area contributed by atoms with E-state index in [1.165, 1.54) is 0 Å². The Hall–Kier alpha value is -1.33. The van der Waals surface area contributed by atoms with Gasteiger partial charge in [-0.05, 0) is 13.8 Å². The van der Waals surface area contributed by atoms with Crippen LogP contribution in [0, 0.1) is 0 Å². The van der Waals surface area contributed by atoms with Gasteiger partial charge in [-0.1, -0.05) is 0 Å². The number of nitrogens with two attached hydrogens (primary N) is 1. The molecule has 0 spiro atoms. The van der Waals surface area contributed by atoms with Crippen LogP contribution in [0.2, 0.25) is 0 Å². The fraction of sp³-hybridized carbons (Fsp3) is 0.545. The van der Waals surface area contributed by atoms with E-state index in [1.54, 1.807) is 32.3 Å². The molecular formula is C11H18N2O3. The summed E-state index contributed by atoms with van der Waals surface area (Å²) in [5, 5.41) is 9.28. The standard InChI is InChI=1S/C11H18N2O3/c1-11(2,14)16-5-3-4-15-10-6-9(12)7-13-8-10/h6-8,14H,3-5,12H2,1-2H3. The third kappa shape index (κ3) is 5.53. The van der Waals surface area contributed by atoms with Gasteiger partial charge in [-0.25, -0.2) is 0 Å². The van der Waals surface area contributed by atoms with Crippen LogP contribution in [0.5, 0.6) is 5.75 Å². The predicted octanol–water partition coefficient (Wildman–Crippen LogP) is 1.18. The number of nitrogens with zero attached hydrogens (tertiary/aromatic N) is 1. The molecule has 0 aliphatic carbocycles. The van der Waals surface area contributed by atoms with E-state index in [9.17, 15) is 5.11 Å². The summed E-state index contributed by atoms with van der Waals surface area (Å²) in [4.78, 5) is 3.90. The molecule has 90 valence electrons. The Labute approximate surface area is 95.2 Å². The highest BCUT2D eigenvalue weighted by Gasteiger charge is 2.11. The molecule has 0 amide bonds. The minimum Gasteiger partial charge on any atom is -0.492 e. The number of ether oxygens (including phenoxy) is 2. The molecule has 0 aliphatic rings. The Morgan fingerprint density at radius 1 is 1.38 bits per heavy atom. The van der Waals surface area contributed by atoms with Crippen molar-refractivity contribution in [2.24, 2.45) is 0 Å². The van der Waals surface area contributed by atoms with Crippen molar-refractivity contribution in [3.8, 4) is 5.75 Å². The lowest BCUT2D eigenvalue weighted by atomic mass is 10.4. The highest BCUT2D eigenvalue weighted by atomic mass is 16.6. The topological polar surface area (TPSA) is 77.6 Å². The highest BCUT2D eigenvalue weighted by molar-refractivity contribution is 5.39. The molecular weight excluding hydrogens is 208 g/mol. The monoisotopic (exact) mass is 226 g/mol. The molecule has 3 N–H and O–H groups in total. The lowest BCUT2D eigenvalue weighted by molar-refractivity contribution is -0.176. The molecule has 0 aliphatic heterocycles. The predicted molar refractivity (Wildman–Crippen MR) is 61.0 cm³/mol. The largest absolute Gasteiger partial charge is 0.492 e. The molecule has 0 saturated carbocycles. The van der Waals surface area contributed by atoms with E-state index in [-0.39, 0.29) is 0 Å². The quantitative estimate of drug-likeness (QED) is 0.562. The van der Waals surface area contributed by atoms with Gasteiger partial charge in [0.25, 0.3) is 0 Å². The van der Waals surface area contributed by atoms with Crippen LogP contribution in [0.25, 0.3) is 0 Å². The summed E-state index contributed by atoms with van der Waals surface area (Å²) in [6, 6.07) is 1.71. The number of nitrogen functional groups attached to an aromatic ring is 1. The van der Waals surface area contributed by atoms with Gasteiger partial charge in [-0.2, -0.15) is 0 Å². The van der Waals surface area contributed by atoms with Crippen LogP contribution < -0.4 is 10.5 Å². The summed E-state index contributed by atoms with van der Waals surface area (Å²) >= 11 is 0. The molecule has 0 atom stereocenters. The molecule has 0 radical (unpaired) electrons. The zero-order valence-corrected chi connectivity index (χ0v) is 9.64. The molecule has 0 bridgehead atoms. The Bertz CT molecular complexity index is 323. The fourth-order valence-corrected chi connectivity index (χ4v) is 1.09. The smallest absolute Gasteiger partial charge is 0.159 e. The van der Waals surface area contributed by atoms with Crippen molar-refractivity contribution in [3.05, 3.63) is 18.5 Å². The van der Waals surface area contributed by atoms with Gasteiger partial charge in [0.2, 0.25) is 0 Å². The minimum absolute atomic E-state index is 0.444. The highest BCUT2D eigenvalue weighted by Crippen LogP contribution is 2.12. The average Bonchev–Trinajstić information content (AvgIpc) is 2.15. The number of pyridine rings is 1. The third-order valence-corrected chi connectivity index (χ3v) is 1.75. The Morgan fingerprint density at radius 2 is 2.12 bits per heavy atom. The summed E-state index contributed by atoms with van der Waals surface area (Å²) in [6.07, 6.45) is 3.86. The van der Waals surface area contributed by atoms with Crippen LogP contribution in [0.1, 0.15) is 20.3 Å². The number of hydrogen-bond donors (Lipinski definition) is 2. The van der Waals surface area contributed by atoms with E-state index >= 15 is 0 Å². The second-order valence-corrected chi connectivity index (χ2v) is 3.95. The maximum atomic E-state index is 9.28. The molecule has 5 nitrogen and oxygen atoms in total. The summed E-state index contributed by atoms with van der Waals surface area (Å²) in [5.41, 5.74) is 6.12. The van der Waals surface area contributed by atoms with Crippen molar-refractivity contribution >= 4 is 5.69 Å². The number of aliphatic hydroxyl groups is 1. The molecule has 1 aromatic rings. The van der Waals surface area contributed by atoms with Crippen LogP contribution in [0.15, 0.2) is 18.5 Å². The SMILES string of the molecule is CC(C)(O)OCCCOc1cncc(N)c1. The molecule has 5 heteroatoms. The zero-order chi connectivity index (χ0) is 12.0. The Morgan fingerprint density at radius 3 is 2.75 bits per heavy atom.